The molecule has 1 saturated carbocycles. The second-order valence-electron chi connectivity index (χ2n) is 6.41. The van der Waals surface area contributed by atoms with Gasteiger partial charge in [0, 0.05) is 12.8 Å². The van der Waals surface area contributed by atoms with Gasteiger partial charge in [0.25, 0.3) is 0 Å². The zero-order valence-corrected chi connectivity index (χ0v) is 13.0. The van der Waals surface area contributed by atoms with E-state index < -0.39 is 0 Å². The number of hydrogen-bond acceptors (Lipinski definition) is 3. The molecule has 0 aliphatic heterocycles. The largest absolute Gasteiger partial charge is 0.511 e. The number of hydrogen-bond donors (Lipinski definition) is 1. The van der Waals surface area contributed by atoms with Crippen molar-refractivity contribution in [3.8, 4) is 0 Å². The lowest BCUT2D eigenvalue weighted by Crippen LogP contribution is -2.32. The molecule has 0 saturated heterocycles. The maximum Gasteiger partial charge on any atom is 0.168 e. The Balaban J connectivity index is 2.48. The van der Waals surface area contributed by atoms with Crippen LogP contribution in [-0.4, -0.2) is 16.6 Å². The van der Waals surface area contributed by atoms with Crippen LogP contribution in [0.4, 0.5) is 5.69 Å². The van der Waals surface area contributed by atoms with Crippen LogP contribution in [0, 0.1) is 5.41 Å². The van der Waals surface area contributed by atoms with Crippen molar-refractivity contribution in [2.45, 2.75) is 46.5 Å². The van der Waals surface area contributed by atoms with Gasteiger partial charge < -0.3 is 5.11 Å². The van der Waals surface area contributed by atoms with Gasteiger partial charge in [-0.05, 0) is 30.4 Å². The minimum Gasteiger partial charge on any atom is -0.511 e. The van der Waals surface area contributed by atoms with Gasteiger partial charge in [-0.3, -0.25) is 9.79 Å². The van der Waals surface area contributed by atoms with Gasteiger partial charge in [-0.1, -0.05) is 39.0 Å². The third kappa shape index (κ3) is 3.81. The third-order valence-corrected chi connectivity index (χ3v) is 3.65. The van der Waals surface area contributed by atoms with Gasteiger partial charge in [-0.2, -0.15) is 0 Å². The molecule has 3 heteroatoms. The molecule has 0 heterocycles. The summed E-state index contributed by atoms with van der Waals surface area (Å²) in [6, 6.07) is 9.60. The predicted octanol–water partition coefficient (Wildman–Crippen LogP) is 4.76. The van der Waals surface area contributed by atoms with Crippen molar-refractivity contribution in [1.82, 2.24) is 0 Å². The van der Waals surface area contributed by atoms with E-state index in [1.54, 1.807) is 0 Å². The lowest BCUT2D eigenvalue weighted by molar-refractivity contribution is -0.117. The first kappa shape index (κ1) is 15.5. The number of ketones is 1. The van der Waals surface area contributed by atoms with Crippen LogP contribution in [0.25, 0.3) is 0 Å². The van der Waals surface area contributed by atoms with E-state index in [2.05, 4.69) is 18.8 Å². The van der Waals surface area contributed by atoms with Gasteiger partial charge >= 0.3 is 0 Å². The van der Waals surface area contributed by atoms with Gasteiger partial charge in [-0.15, -0.1) is 0 Å². The predicted molar refractivity (Wildman–Crippen MR) is 86.1 cm³/mol. The number of benzene rings is 1. The number of Topliss-reactive ketones (excluding diaryl/α,β-unsaturated/α-hetero) is 1. The van der Waals surface area contributed by atoms with E-state index in [1.165, 1.54) is 0 Å². The summed E-state index contributed by atoms with van der Waals surface area (Å²) in [5.74, 6) is 0.194. The number of carbonyl (C=O) groups is 1. The fraction of sp³-hybridized carbons (Fsp3) is 0.444. The number of aliphatic imine (C=N–C) groups is 1. The van der Waals surface area contributed by atoms with Crippen molar-refractivity contribution in [3.63, 3.8) is 0 Å². The molecule has 0 atom stereocenters. The highest BCUT2D eigenvalue weighted by molar-refractivity contribution is 6.25. The highest BCUT2D eigenvalue weighted by Gasteiger charge is 2.36. The first-order valence-corrected chi connectivity index (χ1v) is 7.51. The minimum atomic E-state index is -0.110. The summed E-state index contributed by atoms with van der Waals surface area (Å²) in [4.78, 5) is 17.1. The van der Waals surface area contributed by atoms with Crippen molar-refractivity contribution in [2.75, 3.05) is 0 Å². The second kappa shape index (κ2) is 6.25. The molecule has 0 unspecified atom stereocenters. The van der Waals surface area contributed by atoms with Crippen molar-refractivity contribution < 1.29 is 9.90 Å². The first-order valence-electron chi connectivity index (χ1n) is 7.51. The Hall–Kier alpha value is -1.90. The quantitative estimate of drug-likeness (QED) is 0.643. The van der Waals surface area contributed by atoms with Gasteiger partial charge in [0.15, 0.2) is 5.78 Å². The van der Waals surface area contributed by atoms with E-state index in [-0.39, 0.29) is 17.0 Å². The lowest BCUT2D eigenvalue weighted by atomic mass is 9.73. The molecule has 0 spiro atoms. The zero-order chi connectivity index (χ0) is 15.5. The van der Waals surface area contributed by atoms with Crippen LogP contribution >= 0.6 is 0 Å². The molecule has 2 rings (SSSR count). The number of allylic oxidation sites excluding steroid dienone is 2. The first-order chi connectivity index (χ1) is 9.93. The van der Waals surface area contributed by atoms with Crippen LogP contribution in [0.3, 0.4) is 0 Å². The molecular formula is C18H23NO2. The molecule has 1 aromatic carbocycles. The topological polar surface area (TPSA) is 49.7 Å². The van der Waals surface area contributed by atoms with E-state index >= 15 is 0 Å². The number of para-hydroxylation sites is 1. The van der Waals surface area contributed by atoms with E-state index in [9.17, 15) is 9.90 Å². The second-order valence-corrected chi connectivity index (χ2v) is 6.41. The van der Waals surface area contributed by atoms with E-state index in [1.807, 2.05) is 37.3 Å². The van der Waals surface area contributed by atoms with Crippen LogP contribution in [0.15, 0.2) is 46.7 Å². The summed E-state index contributed by atoms with van der Waals surface area (Å²) < 4.78 is 0. The van der Waals surface area contributed by atoms with Gasteiger partial charge in [-0.25, -0.2) is 0 Å². The van der Waals surface area contributed by atoms with Crippen molar-refractivity contribution in [1.29, 1.82) is 0 Å². The molecule has 1 aliphatic carbocycles. The van der Waals surface area contributed by atoms with Crippen molar-refractivity contribution in [3.05, 3.63) is 41.7 Å². The average molecular weight is 285 g/mol. The number of aliphatic hydroxyl groups is 1. The molecule has 0 bridgehead atoms. The van der Waals surface area contributed by atoms with Crippen LogP contribution < -0.4 is 0 Å². The summed E-state index contributed by atoms with van der Waals surface area (Å²) in [6.07, 6.45) is 2.50. The minimum absolute atomic E-state index is 0.00637. The molecule has 0 radical (unpaired) electrons. The highest BCUT2D eigenvalue weighted by Crippen LogP contribution is 2.36. The summed E-state index contributed by atoms with van der Waals surface area (Å²) in [5.41, 5.74) is 1.87. The fourth-order valence-electron chi connectivity index (χ4n) is 2.73. The Bertz CT molecular complexity index is 582. The van der Waals surface area contributed by atoms with Crippen LogP contribution in [0.1, 0.15) is 46.5 Å². The summed E-state index contributed by atoms with van der Waals surface area (Å²) >= 11 is 0. The Kier molecular flexibility index (Phi) is 4.61. The SMILES string of the molecule is CCC/C(O)=C1\C(=O)CC(C)(C)CC1=Nc1ccccc1. The number of aliphatic hydroxyl groups excluding tert-OH is 1. The Morgan fingerprint density at radius 3 is 2.52 bits per heavy atom. The van der Waals surface area contributed by atoms with Crippen molar-refractivity contribution in [2.24, 2.45) is 10.4 Å². The molecule has 1 fully saturated rings. The average Bonchev–Trinajstić information content (AvgIpc) is 2.38. The third-order valence-electron chi connectivity index (χ3n) is 3.65. The molecule has 21 heavy (non-hydrogen) atoms. The number of rotatable bonds is 3. The maximum absolute atomic E-state index is 12.4. The van der Waals surface area contributed by atoms with Gasteiger partial charge in [0.05, 0.1) is 17.0 Å². The molecule has 1 aromatic rings. The Morgan fingerprint density at radius 1 is 1.24 bits per heavy atom. The van der Waals surface area contributed by atoms with Crippen LogP contribution in [-0.2, 0) is 4.79 Å². The van der Waals surface area contributed by atoms with Crippen molar-refractivity contribution >= 4 is 17.2 Å². The van der Waals surface area contributed by atoms with Gasteiger partial charge in [0.1, 0.15) is 5.76 Å². The maximum atomic E-state index is 12.4. The fourth-order valence-corrected chi connectivity index (χ4v) is 2.73. The molecule has 1 aliphatic rings. The summed E-state index contributed by atoms with van der Waals surface area (Å²) in [6.45, 7) is 6.13. The van der Waals surface area contributed by atoms with E-state index in [4.69, 9.17) is 0 Å². The smallest absolute Gasteiger partial charge is 0.168 e. The number of carbonyl (C=O) groups excluding carboxylic acids is 1. The molecular weight excluding hydrogens is 262 g/mol. The molecule has 112 valence electrons. The molecule has 1 N–H and O–H groups in total. The van der Waals surface area contributed by atoms with Crippen LogP contribution in [0.2, 0.25) is 0 Å². The Morgan fingerprint density at radius 2 is 1.90 bits per heavy atom. The van der Waals surface area contributed by atoms with Gasteiger partial charge in [0.2, 0.25) is 0 Å². The van der Waals surface area contributed by atoms with E-state index in [0.717, 1.165) is 12.1 Å². The zero-order valence-electron chi connectivity index (χ0n) is 13.0. The van der Waals surface area contributed by atoms with Crippen LogP contribution in [0.5, 0.6) is 0 Å². The standard InChI is InChI=1S/C18H23NO2/c1-4-8-15(20)17-14(11-18(2,3)12-16(17)21)19-13-9-6-5-7-10-13/h5-7,9-10,20H,4,8,11-12H2,1-3H3/b17-15+,19-14?. The summed E-state index contributed by atoms with van der Waals surface area (Å²) in [7, 11) is 0. The Labute approximate surface area is 126 Å². The molecule has 0 aromatic heterocycles. The molecule has 0 amide bonds. The molecule has 3 nitrogen and oxygen atoms in total. The highest BCUT2D eigenvalue weighted by atomic mass is 16.3. The monoisotopic (exact) mass is 285 g/mol. The lowest BCUT2D eigenvalue weighted by Gasteiger charge is -2.31. The summed E-state index contributed by atoms with van der Waals surface area (Å²) in [5, 5.41) is 10.2. The van der Waals surface area contributed by atoms with E-state index in [0.29, 0.717) is 30.5 Å². The number of nitrogens with zero attached hydrogens (tertiary/aromatic N) is 1. The normalized spacial score (nSPS) is 22.4.